The van der Waals surface area contributed by atoms with Gasteiger partial charge in [0.25, 0.3) is 0 Å². The van der Waals surface area contributed by atoms with E-state index in [1.54, 1.807) is 14.1 Å². The first-order valence-corrected chi connectivity index (χ1v) is 9.46. The number of alkyl halides is 1. The van der Waals surface area contributed by atoms with Crippen LogP contribution in [0.2, 0.25) is 0 Å². The summed E-state index contributed by atoms with van der Waals surface area (Å²) in [6.07, 6.45) is -0.0560. The summed E-state index contributed by atoms with van der Waals surface area (Å²) < 4.78 is 38.4. The second-order valence-corrected chi connectivity index (χ2v) is 6.57. The molecule has 0 aliphatic carbocycles. The minimum atomic E-state index is -1.45. The van der Waals surface area contributed by atoms with E-state index in [1.165, 1.54) is 19.4 Å². The molecule has 2 rings (SSSR count). The lowest BCUT2D eigenvalue weighted by Crippen LogP contribution is -2.24. The molecule has 2 aromatic rings. The predicted octanol–water partition coefficient (Wildman–Crippen LogP) is 2.36. The van der Waals surface area contributed by atoms with E-state index in [-0.39, 0.29) is 28.6 Å². The van der Waals surface area contributed by atoms with Gasteiger partial charge in [0.15, 0.2) is 17.7 Å². The molecule has 32 heavy (non-hydrogen) atoms. The van der Waals surface area contributed by atoms with Crippen molar-refractivity contribution in [3.8, 4) is 5.75 Å². The highest BCUT2D eigenvalue weighted by Gasteiger charge is 2.24. The first kappa shape index (κ1) is 24.5. The van der Waals surface area contributed by atoms with E-state index >= 15 is 0 Å². The van der Waals surface area contributed by atoms with Crippen molar-refractivity contribution in [1.29, 1.82) is 5.41 Å². The van der Waals surface area contributed by atoms with Crippen LogP contribution >= 0.6 is 0 Å². The molecular weight excluding hydrogens is 424 g/mol. The van der Waals surface area contributed by atoms with Crippen molar-refractivity contribution >= 4 is 23.3 Å². The molecule has 0 aliphatic heterocycles. The number of rotatable bonds is 10. The Labute approximate surface area is 183 Å². The number of nitrogens with zero attached hydrogens (tertiary/aromatic N) is 1. The average Bonchev–Trinajstić information content (AvgIpc) is 2.78. The number of nitrogen functional groups attached to an aromatic ring is 1. The van der Waals surface area contributed by atoms with E-state index in [0.717, 1.165) is 18.2 Å². The number of methoxy groups -OCH3 is 1. The van der Waals surface area contributed by atoms with Crippen LogP contribution in [0.4, 0.5) is 14.6 Å². The van der Waals surface area contributed by atoms with Crippen LogP contribution in [0.1, 0.15) is 27.6 Å². The molecule has 11 heteroatoms. The lowest BCUT2D eigenvalue weighted by molar-refractivity contribution is 0.0689. The van der Waals surface area contributed by atoms with E-state index < -0.39 is 24.6 Å². The SMILES string of the molecule is CNC/C(NC)=C(/C(=N)OC)c1cnc(N)c(OC(CF)c2cc(F)ccc2C(=O)O)c1. The number of pyridine rings is 1. The fraction of sp³-hybridized carbons (Fsp3) is 0.286. The summed E-state index contributed by atoms with van der Waals surface area (Å²) in [6.45, 7) is -0.776. The van der Waals surface area contributed by atoms with Gasteiger partial charge in [0, 0.05) is 36.6 Å². The zero-order valence-corrected chi connectivity index (χ0v) is 17.8. The molecule has 1 atom stereocenters. The molecule has 0 spiro atoms. The van der Waals surface area contributed by atoms with Gasteiger partial charge in [0.05, 0.1) is 18.2 Å². The molecule has 6 N–H and O–H groups in total. The molecule has 0 amide bonds. The van der Waals surface area contributed by atoms with Gasteiger partial charge < -0.3 is 30.9 Å². The molecule has 172 valence electrons. The number of aromatic nitrogens is 1. The highest BCUT2D eigenvalue weighted by atomic mass is 19.1. The number of benzene rings is 1. The monoisotopic (exact) mass is 449 g/mol. The van der Waals surface area contributed by atoms with Crippen LogP contribution in [0.25, 0.3) is 5.57 Å². The number of likely N-dealkylation sites (N-methyl/N-ethyl adjacent to an activating group) is 2. The van der Waals surface area contributed by atoms with Crippen LogP contribution in [0.3, 0.4) is 0 Å². The van der Waals surface area contributed by atoms with Gasteiger partial charge in [-0.05, 0) is 31.3 Å². The van der Waals surface area contributed by atoms with Gasteiger partial charge in [-0.25, -0.2) is 18.6 Å². The predicted molar refractivity (Wildman–Crippen MR) is 116 cm³/mol. The number of hydrogen-bond donors (Lipinski definition) is 5. The van der Waals surface area contributed by atoms with Crippen molar-refractivity contribution in [2.75, 3.05) is 40.2 Å². The van der Waals surface area contributed by atoms with Gasteiger partial charge in [-0.3, -0.25) is 5.41 Å². The topological polar surface area (TPSA) is 143 Å². The van der Waals surface area contributed by atoms with Crippen molar-refractivity contribution in [3.63, 3.8) is 0 Å². The maximum atomic E-state index is 13.9. The van der Waals surface area contributed by atoms with Crippen molar-refractivity contribution in [2.45, 2.75) is 6.10 Å². The van der Waals surface area contributed by atoms with Crippen molar-refractivity contribution in [3.05, 3.63) is 58.7 Å². The van der Waals surface area contributed by atoms with Gasteiger partial charge in [-0.15, -0.1) is 0 Å². The molecular formula is C21H25F2N5O4. The van der Waals surface area contributed by atoms with Crippen LogP contribution in [0.5, 0.6) is 5.75 Å². The summed E-state index contributed by atoms with van der Waals surface area (Å²) in [7, 11) is 4.74. The Kier molecular flexibility index (Phi) is 8.47. The molecule has 0 radical (unpaired) electrons. The van der Waals surface area contributed by atoms with Crippen LogP contribution in [0, 0.1) is 11.2 Å². The number of anilines is 1. The molecule has 0 saturated heterocycles. The molecule has 1 unspecified atom stereocenters. The number of carboxylic acid groups (broad SMARTS) is 1. The van der Waals surface area contributed by atoms with E-state index in [0.29, 0.717) is 23.4 Å². The molecule has 0 aliphatic rings. The van der Waals surface area contributed by atoms with Gasteiger partial charge in [0.2, 0.25) is 5.90 Å². The summed E-state index contributed by atoms with van der Waals surface area (Å²) >= 11 is 0. The second-order valence-electron chi connectivity index (χ2n) is 6.57. The minimum Gasteiger partial charge on any atom is -0.481 e. The average molecular weight is 449 g/mol. The summed E-state index contributed by atoms with van der Waals surface area (Å²) in [6, 6.07) is 4.34. The molecule has 1 heterocycles. The highest BCUT2D eigenvalue weighted by molar-refractivity contribution is 6.19. The smallest absolute Gasteiger partial charge is 0.336 e. The number of halogens is 2. The first-order valence-electron chi connectivity index (χ1n) is 9.46. The Bertz CT molecular complexity index is 1030. The Morgan fingerprint density at radius 2 is 2.06 bits per heavy atom. The van der Waals surface area contributed by atoms with Crippen LogP contribution in [-0.2, 0) is 4.74 Å². The fourth-order valence-corrected chi connectivity index (χ4v) is 3.04. The maximum Gasteiger partial charge on any atom is 0.336 e. The molecule has 1 aromatic carbocycles. The number of aromatic carboxylic acids is 1. The normalized spacial score (nSPS) is 12.5. The summed E-state index contributed by atoms with van der Waals surface area (Å²) in [4.78, 5) is 15.6. The quantitative estimate of drug-likeness (QED) is 0.275. The van der Waals surface area contributed by atoms with E-state index in [1.807, 2.05) is 0 Å². The zero-order valence-electron chi connectivity index (χ0n) is 17.8. The van der Waals surface area contributed by atoms with Crippen LogP contribution in [-0.4, -0.2) is 56.4 Å². The van der Waals surface area contributed by atoms with Crippen molar-refractivity contribution in [1.82, 2.24) is 15.6 Å². The standard InChI is InChI=1S/C21H25F2N5O4/c1-26-10-15(27-2)18(20(25)31-3)11-6-16(19(24)28-9-11)32-17(8-22)14-7-12(23)4-5-13(14)21(29)30/h4-7,9,17,25-27H,8,10H2,1-3H3,(H2,24,28)(H,29,30)/b18-15-,25-20?. The molecule has 1 aromatic heterocycles. The molecule has 0 saturated carbocycles. The van der Waals surface area contributed by atoms with Crippen molar-refractivity contribution < 1.29 is 28.2 Å². The Hall–Kier alpha value is -3.73. The number of nitrogens with two attached hydrogens (primary N) is 1. The zero-order chi connectivity index (χ0) is 23.8. The number of ether oxygens (including phenoxy) is 2. The minimum absolute atomic E-state index is 0.0629. The maximum absolute atomic E-state index is 13.9. The third kappa shape index (κ3) is 5.49. The van der Waals surface area contributed by atoms with Gasteiger partial charge >= 0.3 is 5.97 Å². The van der Waals surface area contributed by atoms with Gasteiger partial charge in [-0.1, -0.05) is 0 Å². The first-order chi connectivity index (χ1) is 15.3. The second kappa shape index (κ2) is 11.0. The number of carboxylic acids is 1. The lowest BCUT2D eigenvalue weighted by Gasteiger charge is -2.21. The van der Waals surface area contributed by atoms with Crippen molar-refractivity contribution in [2.24, 2.45) is 0 Å². The number of hydrogen-bond acceptors (Lipinski definition) is 8. The summed E-state index contributed by atoms with van der Waals surface area (Å²) in [5.41, 5.74) is 6.76. The van der Waals surface area contributed by atoms with E-state index in [2.05, 4.69) is 15.6 Å². The molecule has 9 nitrogen and oxygen atoms in total. The highest BCUT2D eigenvalue weighted by Crippen LogP contribution is 2.32. The Morgan fingerprint density at radius 3 is 2.62 bits per heavy atom. The van der Waals surface area contributed by atoms with Gasteiger partial charge in [-0.2, -0.15) is 0 Å². The Morgan fingerprint density at radius 1 is 1.34 bits per heavy atom. The fourth-order valence-electron chi connectivity index (χ4n) is 3.04. The summed E-state index contributed by atoms with van der Waals surface area (Å²) in [5, 5.41) is 23.5. The third-order valence-corrected chi connectivity index (χ3v) is 4.56. The third-order valence-electron chi connectivity index (χ3n) is 4.56. The lowest BCUT2D eigenvalue weighted by atomic mass is 10.0. The molecule has 0 bridgehead atoms. The van der Waals surface area contributed by atoms with Crippen LogP contribution in [0.15, 0.2) is 36.2 Å². The molecule has 0 fully saturated rings. The number of carbonyl (C=O) groups is 1. The van der Waals surface area contributed by atoms with Crippen LogP contribution < -0.4 is 21.1 Å². The summed E-state index contributed by atoms with van der Waals surface area (Å²) in [5.74, 6) is -2.42. The largest absolute Gasteiger partial charge is 0.481 e. The van der Waals surface area contributed by atoms with E-state index in [9.17, 15) is 18.7 Å². The number of nitrogens with one attached hydrogen (secondary N) is 3. The van der Waals surface area contributed by atoms with E-state index in [4.69, 9.17) is 20.6 Å². The van der Waals surface area contributed by atoms with Gasteiger partial charge in [0.1, 0.15) is 12.5 Å². The Balaban J connectivity index is 2.56.